The summed E-state index contributed by atoms with van der Waals surface area (Å²) in [6.07, 6.45) is 3.71. The summed E-state index contributed by atoms with van der Waals surface area (Å²) >= 11 is 0. The molecule has 0 aromatic carbocycles. The minimum atomic E-state index is -0.731. The molecule has 1 aliphatic carbocycles. The number of pyridine rings is 1. The molecule has 1 amide bonds. The largest absolute Gasteiger partial charge is 0.481 e. The molecule has 102 valence electrons. The first-order valence-electron chi connectivity index (χ1n) is 6.27. The van der Waals surface area contributed by atoms with Crippen LogP contribution in [-0.2, 0) is 4.79 Å². The Bertz CT molecular complexity index is 490. The second-order valence-corrected chi connectivity index (χ2v) is 4.70. The lowest BCUT2D eigenvalue weighted by Gasteiger charge is -2.14. The molecular formula is C13H17N3O3. The van der Waals surface area contributed by atoms with Crippen molar-refractivity contribution in [2.75, 3.05) is 12.4 Å². The SMILES string of the molecule is CNC(=O)c1cc(NC2CCC(C(=O)O)C2)ccn1. The minimum absolute atomic E-state index is 0.140. The molecule has 1 heterocycles. The molecule has 1 aromatic heterocycles. The number of carbonyl (C=O) groups is 2. The van der Waals surface area contributed by atoms with E-state index in [0.29, 0.717) is 18.5 Å². The van der Waals surface area contributed by atoms with Gasteiger partial charge in [-0.05, 0) is 31.4 Å². The van der Waals surface area contributed by atoms with E-state index >= 15 is 0 Å². The number of rotatable bonds is 4. The zero-order chi connectivity index (χ0) is 13.8. The summed E-state index contributed by atoms with van der Waals surface area (Å²) in [5.41, 5.74) is 1.14. The summed E-state index contributed by atoms with van der Waals surface area (Å²) in [6.45, 7) is 0. The minimum Gasteiger partial charge on any atom is -0.481 e. The first-order chi connectivity index (χ1) is 9.10. The maximum Gasteiger partial charge on any atom is 0.306 e. The molecule has 1 saturated carbocycles. The molecule has 0 aliphatic heterocycles. The van der Waals surface area contributed by atoms with Crippen LogP contribution in [0.15, 0.2) is 18.3 Å². The van der Waals surface area contributed by atoms with Crippen molar-refractivity contribution in [3.8, 4) is 0 Å². The number of amides is 1. The van der Waals surface area contributed by atoms with Crippen molar-refractivity contribution in [2.24, 2.45) is 5.92 Å². The normalized spacial score (nSPS) is 21.9. The highest BCUT2D eigenvalue weighted by atomic mass is 16.4. The predicted octanol–water partition coefficient (Wildman–Crippen LogP) is 1.11. The molecule has 0 saturated heterocycles. The van der Waals surface area contributed by atoms with E-state index in [1.165, 1.54) is 0 Å². The summed E-state index contributed by atoms with van der Waals surface area (Å²) < 4.78 is 0. The summed E-state index contributed by atoms with van der Waals surface area (Å²) in [5, 5.41) is 14.7. The number of nitrogens with zero attached hydrogens (tertiary/aromatic N) is 1. The number of carboxylic acids is 1. The molecular weight excluding hydrogens is 246 g/mol. The van der Waals surface area contributed by atoms with Gasteiger partial charge >= 0.3 is 5.97 Å². The Morgan fingerprint density at radius 1 is 1.42 bits per heavy atom. The second-order valence-electron chi connectivity index (χ2n) is 4.70. The quantitative estimate of drug-likeness (QED) is 0.756. The predicted molar refractivity (Wildman–Crippen MR) is 70.0 cm³/mol. The lowest BCUT2D eigenvalue weighted by molar-refractivity contribution is -0.141. The third kappa shape index (κ3) is 3.21. The van der Waals surface area contributed by atoms with Crippen LogP contribution in [0.1, 0.15) is 29.8 Å². The van der Waals surface area contributed by atoms with E-state index in [9.17, 15) is 9.59 Å². The first-order valence-corrected chi connectivity index (χ1v) is 6.27. The van der Waals surface area contributed by atoms with Crippen LogP contribution in [0.5, 0.6) is 0 Å². The van der Waals surface area contributed by atoms with Crippen molar-refractivity contribution >= 4 is 17.6 Å². The number of aliphatic carboxylic acids is 1. The van der Waals surface area contributed by atoms with Gasteiger partial charge in [0.05, 0.1) is 5.92 Å². The summed E-state index contributed by atoms with van der Waals surface area (Å²) in [5.74, 6) is -1.23. The van der Waals surface area contributed by atoms with Crippen molar-refractivity contribution < 1.29 is 14.7 Å². The topological polar surface area (TPSA) is 91.3 Å². The molecule has 6 nitrogen and oxygen atoms in total. The van der Waals surface area contributed by atoms with Crippen molar-refractivity contribution in [1.82, 2.24) is 10.3 Å². The van der Waals surface area contributed by atoms with Crippen molar-refractivity contribution in [3.05, 3.63) is 24.0 Å². The van der Waals surface area contributed by atoms with Crippen molar-refractivity contribution in [1.29, 1.82) is 0 Å². The number of carbonyl (C=O) groups excluding carboxylic acids is 1. The Morgan fingerprint density at radius 2 is 2.21 bits per heavy atom. The molecule has 2 atom stereocenters. The summed E-state index contributed by atoms with van der Waals surface area (Å²) in [4.78, 5) is 26.3. The van der Waals surface area contributed by atoms with Crippen LogP contribution in [0.2, 0.25) is 0 Å². The number of hydrogen-bond donors (Lipinski definition) is 3. The van der Waals surface area contributed by atoms with Gasteiger partial charge in [0, 0.05) is 25.0 Å². The Balaban J connectivity index is 2.00. The fraction of sp³-hybridized carbons (Fsp3) is 0.462. The Kier molecular flexibility index (Phi) is 3.99. The van der Waals surface area contributed by atoms with Crippen LogP contribution in [0.3, 0.4) is 0 Å². The molecule has 3 N–H and O–H groups in total. The molecule has 0 radical (unpaired) electrons. The third-order valence-corrected chi connectivity index (χ3v) is 3.37. The maximum atomic E-state index is 11.5. The monoisotopic (exact) mass is 263 g/mol. The fourth-order valence-electron chi connectivity index (χ4n) is 2.35. The van der Waals surface area contributed by atoms with E-state index in [1.54, 1.807) is 25.4 Å². The van der Waals surface area contributed by atoms with Crippen LogP contribution in [0, 0.1) is 5.92 Å². The van der Waals surface area contributed by atoms with E-state index in [0.717, 1.165) is 12.1 Å². The smallest absolute Gasteiger partial charge is 0.306 e. The highest BCUT2D eigenvalue weighted by Gasteiger charge is 2.29. The van der Waals surface area contributed by atoms with E-state index in [2.05, 4.69) is 15.6 Å². The molecule has 2 rings (SSSR count). The van der Waals surface area contributed by atoms with Crippen LogP contribution >= 0.6 is 0 Å². The molecule has 1 fully saturated rings. The third-order valence-electron chi connectivity index (χ3n) is 3.37. The zero-order valence-electron chi connectivity index (χ0n) is 10.7. The van der Waals surface area contributed by atoms with Gasteiger partial charge in [0.25, 0.3) is 5.91 Å². The first kappa shape index (κ1) is 13.3. The van der Waals surface area contributed by atoms with E-state index in [1.807, 2.05) is 0 Å². The van der Waals surface area contributed by atoms with Crippen LogP contribution in [-0.4, -0.2) is 35.1 Å². The Hall–Kier alpha value is -2.11. The van der Waals surface area contributed by atoms with E-state index in [4.69, 9.17) is 5.11 Å². The molecule has 2 unspecified atom stereocenters. The fourth-order valence-corrected chi connectivity index (χ4v) is 2.35. The highest BCUT2D eigenvalue weighted by Crippen LogP contribution is 2.28. The van der Waals surface area contributed by atoms with Crippen LogP contribution < -0.4 is 10.6 Å². The molecule has 0 bridgehead atoms. The summed E-state index contributed by atoms with van der Waals surface area (Å²) in [7, 11) is 1.55. The van der Waals surface area contributed by atoms with Gasteiger partial charge in [0.15, 0.2) is 0 Å². The van der Waals surface area contributed by atoms with Gasteiger partial charge in [-0.15, -0.1) is 0 Å². The van der Waals surface area contributed by atoms with Gasteiger partial charge in [-0.1, -0.05) is 0 Å². The lowest BCUT2D eigenvalue weighted by atomic mass is 10.1. The van der Waals surface area contributed by atoms with Gasteiger partial charge in [0.2, 0.25) is 0 Å². The lowest BCUT2D eigenvalue weighted by Crippen LogP contribution is -2.21. The number of nitrogens with one attached hydrogen (secondary N) is 2. The zero-order valence-corrected chi connectivity index (χ0v) is 10.7. The van der Waals surface area contributed by atoms with Gasteiger partial charge in [-0.3, -0.25) is 14.6 Å². The maximum absolute atomic E-state index is 11.5. The number of carboxylic acid groups (broad SMARTS) is 1. The Morgan fingerprint density at radius 3 is 2.84 bits per heavy atom. The second kappa shape index (κ2) is 5.69. The molecule has 19 heavy (non-hydrogen) atoms. The molecule has 1 aliphatic rings. The van der Waals surface area contributed by atoms with Gasteiger partial charge in [0.1, 0.15) is 5.69 Å². The highest BCUT2D eigenvalue weighted by molar-refractivity contribution is 5.92. The standard InChI is InChI=1S/C13H17N3O3/c1-14-12(17)11-7-10(4-5-15-11)16-9-3-2-8(6-9)13(18)19/h4-5,7-9H,2-3,6H2,1H3,(H,14,17)(H,15,16)(H,18,19). The number of anilines is 1. The van der Waals surface area contributed by atoms with Crippen molar-refractivity contribution in [3.63, 3.8) is 0 Å². The summed E-state index contributed by atoms with van der Waals surface area (Å²) in [6, 6.07) is 3.59. The van der Waals surface area contributed by atoms with E-state index < -0.39 is 5.97 Å². The van der Waals surface area contributed by atoms with Gasteiger partial charge in [-0.2, -0.15) is 0 Å². The Labute approximate surface area is 111 Å². The van der Waals surface area contributed by atoms with Gasteiger partial charge < -0.3 is 15.7 Å². The average molecular weight is 263 g/mol. The van der Waals surface area contributed by atoms with Crippen LogP contribution in [0.4, 0.5) is 5.69 Å². The molecule has 0 spiro atoms. The van der Waals surface area contributed by atoms with Crippen LogP contribution in [0.25, 0.3) is 0 Å². The van der Waals surface area contributed by atoms with Crippen molar-refractivity contribution in [2.45, 2.75) is 25.3 Å². The molecule has 1 aromatic rings. The molecule has 6 heteroatoms. The van der Waals surface area contributed by atoms with Gasteiger partial charge in [-0.25, -0.2) is 0 Å². The van der Waals surface area contributed by atoms with E-state index in [-0.39, 0.29) is 17.9 Å². The number of hydrogen-bond acceptors (Lipinski definition) is 4. The number of aromatic nitrogens is 1. The average Bonchev–Trinajstić information content (AvgIpc) is 2.87.